The Labute approximate surface area is 237 Å². The fourth-order valence-corrected chi connectivity index (χ4v) is 4.99. The summed E-state index contributed by atoms with van der Waals surface area (Å²) in [5, 5.41) is 11.8. The van der Waals surface area contributed by atoms with Crippen molar-refractivity contribution in [3.8, 4) is 22.5 Å². The molecule has 2 unspecified atom stereocenters. The topological polar surface area (TPSA) is 156 Å². The number of carbonyl (C=O) groups is 1. The van der Waals surface area contributed by atoms with Crippen molar-refractivity contribution in [3.05, 3.63) is 71.2 Å². The number of ketones is 1. The van der Waals surface area contributed by atoms with Gasteiger partial charge in [0, 0.05) is 21.2 Å². The van der Waals surface area contributed by atoms with Crippen molar-refractivity contribution in [2.75, 3.05) is 11.5 Å². The maximum absolute atomic E-state index is 14.0. The maximum Gasteiger partial charge on any atom is 0.181 e. The molecule has 0 spiro atoms. The normalized spacial score (nSPS) is 13.1. The molecule has 2 atom stereocenters. The minimum atomic E-state index is -0.745. The van der Waals surface area contributed by atoms with Crippen LogP contribution < -0.4 is 11.5 Å². The molecule has 200 valence electrons. The lowest BCUT2D eigenvalue weighted by atomic mass is 10.1. The largest absolute Gasteiger partial charge is 0.383 e. The van der Waals surface area contributed by atoms with Crippen molar-refractivity contribution in [1.82, 2.24) is 39.5 Å². The predicted molar refractivity (Wildman–Crippen MR) is 155 cm³/mol. The third kappa shape index (κ3) is 4.19. The summed E-state index contributed by atoms with van der Waals surface area (Å²) in [4.78, 5) is 31.1. The second-order valence-corrected chi connectivity index (χ2v) is 10.1. The Bertz CT molecular complexity index is 1760. The first kappa shape index (κ1) is 25.7. The second-order valence-electron chi connectivity index (χ2n) is 9.27. The highest BCUT2D eigenvalue weighted by Crippen LogP contribution is 2.35. The first-order valence-electron chi connectivity index (χ1n) is 12.3. The van der Waals surface area contributed by atoms with E-state index in [0.29, 0.717) is 43.5 Å². The molecule has 0 saturated carbocycles. The van der Waals surface area contributed by atoms with Crippen LogP contribution in [-0.2, 0) is 4.79 Å². The number of hydrogen-bond donors (Lipinski definition) is 2. The van der Waals surface area contributed by atoms with Gasteiger partial charge in [-0.1, -0.05) is 47.5 Å². The molecular formula is C27H22Cl2N10O. The minimum absolute atomic E-state index is 0.187. The van der Waals surface area contributed by atoms with E-state index in [0.717, 1.165) is 11.1 Å². The van der Waals surface area contributed by atoms with Crippen molar-refractivity contribution in [2.24, 2.45) is 0 Å². The van der Waals surface area contributed by atoms with Gasteiger partial charge in [-0.05, 0) is 38.1 Å². The van der Waals surface area contributed by atoms with E-state index < -0.39 is 12.1 Å². The quantitative estimate of drug-likeness (QED) is 0.275. The number of nitrogens with zero attached hydrogens (tertiary/aromatic N) is 8. The lowest BCUT2D eigenvalue weighted by Gasteiger charge is -2.18. The standard InChI is InChI=1S/C27H22Cl2N10O/c1-13(38-26-19(24(30)32-11-34-26)21(36-38)15-3-7-17(28)8-4-15)23(40)14(2)39-27-20(25(31)33-12-35-27)22(37-39)16-5-9-18(29)10-6-16/h3-14H,1-2H3,(H2,30,32,34)(H2,31,33,35). The highest BCUT2D eigenvalue weighted by atomic mass is 35.5. The second kappa shape index (κ2) is 9.85. The minimum Gasteiger partial charge on any atom is -0.383 e. The molecule has 4 heterocycles. The number of anilines is 2. The summed E-state index contributed by atoms with van der Waals surface area (Å²) in [5.41, 5.74) is 16.0. The molecule has 4 aromatic heterocycles. The molecule has 0 aliphatic rings. The fourth-order valence-electron chi connectivity index (χ4n) is 4.74. The van der Waals surface area contributed by atoms with Crippen LogP contribution in [0.4, 0.5) is 11.6 Å². The SMILES string of the molecule is CC(C(=O)C(C)n1nc(-c2ccc(Cl)cc2)c2c(N)ncnc21)n1nc(-c2ccc(Cl)cc2)c2c(N)ncnc21. The highest BCUT2D eigenvalue weighted by Gasteiger charge is 2.30. The Kier molecular flexibility index (Phi) is 6.32. The molecule has 13 heteroatoms. The maximum atomic E-state index is 14.0. The van der Waals surface area contributed by atoms with E-state index in [2.05, 4.69) is 19.9 Å². The van der Waals surface area contributed by atoms with Gasteiger partial charge in [0.2, 0.25) is 0 Å². The van der Waals surface area contributed by atoms with Gasteiger partial charge in [-0.3, -0.25) is 4.79 Å². The van der Waals surface area contributed by atoms with Crippen molar-refractivity contribution in [3.63, 3.8) is 0 Å². The number of carbonyl (C=O) groups excluding carboxylic acids is 1. The number of nitrogens with two attached hydrogens (primary N) is 2. The van der Waals surface area contributed by atoms with Crippen LogP contribution >= 0.6 is 23.2 Å². The lowest BCUT2D eigenvalue weighted by Crippen LogP contribution is -2.27. The van der Waals surface area contributed by atoms with E-state index >= 15 is 0 Å². The highest BCUT2D eigenvalue weighted by molar-refractivity contribution is 6.31. The molecular weight excluding hydrogens is 551 g/mol. The average Bonchev–Trinajstić information content (AvgIpc) is 3.54. The molecule has 0 radical (unpaired) electrons. The number of benzene rings is 2. The lowest BCUT2D eigenvalue weighted by molar-refractivity contribution is -0.124. The molecule has 6 aromatic rings. The van der Waals surface area contributed by atoms with Crippen LogP contribution in [0.25, 0.3) is 44.6 Å². The van der Waals surface area contributed by atoms with Crippen LogP contribution in [0, 0.1) is 0 Å². The Balaban J connectivity index is 1.44. The number of Topliss-reactive ketones (excluding diaryl/α,β-unsaturated/α-hetero) is 1. The van der Waals surface area contributed by atoms with E-state index in [1.807, 2.05) is 24.3 Å². The fraction of sp³-hybridized carbons (Fsp3) is 0.148. The average molecular weight is 573 g/mol. The van der Waals surface area contributed by atoms with Crippen molar-refractivity contribution < 1.29 is 4.79 Å². The van der Waals surface area contributed by atoms with E-state index in [9.17, 15) is 4.79 Å². The first-order chi connectivity index (χ1) is 19.2. The van der Waals surface area contributed by atoms with Crippen LogP contribution in [-0.4, -0.2) is 45.3 Å². The summed E-state index contributed by atoms with van der Waals surface area (Å²) in [5.74, 6) is 0.326. The molecule has 0 aliphatic heterocycles. The zero-order valence-corrected chi connectivity index (χ0v) is 22.8. The van der Waals surface area contributed by atoms with Crippen molar-refractivity contribution >= 4 is 62.7 Å². The summed E-state index contributed by atoms with van der Waals surface area (Å²) in [6.07, 6.45) is 2.70. The summed E-state index contributed by atoms with van der Waals surface area (Å²) >= 11 is 12.2. The molecule has 40 heavy (non-hydrogen) atoms. The van der Waals surface area contributed by atoms with Crippen molar-refractivity contribution in [1.29, 1.82) is 0 Å². The van der Waals surface area contributed by atoms with Gasteiger partial charge < -0.3 is 11.5 Å². The van der Waals surface area contributed by atoms with Gasteiger partial charge in [0.05, 0.1) is 10.8 Å². The monoisotopic (exact) mass is 572 g/mol. The summed E-state index contributed by atoms with van der Waals surface area (Å²) in [6.45, 7) is 3.51. The Morgan fingerprint density at radius 3 is 1.43 bits per heavy atom. The third-order valence-electron chi connectivity index (χ3n) is 6.83. The molecule has 4 N–H and O–H groups in total. The molecule has 0 bridgehead atoms. The van der Waals surface area contributed by atoms with E-state index in [-0.39, 0.29) is 17.4 Å². The number of nitrogen functional groups attached to an aromatic ring is 2. The van der Waals surface area contributed by atoms with E-state index in [4.69, 9.17) is 44.9 Å². The Morgan fingerprint density at radius 2 is 1.05 bits per heavy atom. The molecule has 0 amide bonds. The summed E-state index contributed by atoms with van der Waals surface area (Å²) < 4.78 is 3.12. The predicted octanol–water partition coefficient (Wildman–Crippen LogP) is 5.16. The summed E-state index contributed by atoms with van der Waals surface area (Å²) in [7, 11) is 0. The Hall–Kier alpha value is -4.61. The number of aromatic nitrogens is 8. The number of halogens is 2. The molecule has 2 aromatic carbocycles. The smallest absolute Gasteiger partial charge is 0.181 e. The van der Waals surface area contributed by atoms with Crippen LogP contribution in [0.15, 0.2) is 61.2 Å². The van der Waals surface area contributed by atoms with Gasteiger partial charge in [-0.2, -0.15) is 10.2 Å². The van der Waals surface area contributed by atoms with E-state index in [1.165, 1.54) is 12.7 Å². The third-order valence-corrected chi connectivity index (χ3v) is 7.33. The molecule has 0 fully saturated rings. The summed E-state index contributed by atoms with van der Waals surface area (Å²) in [6, 6.07) is 12.8. The number of rotatable bonds is 6. The number of fused-ring (bicyclic) bond motifs is 2. The van der Waals surface area contributed by atoms with Gasteiger partial charge in [0.15, 0.2) is 17.1 Å². The van der Waals surface area contributed by atoms with Gasteiger partial charge in [-0.25, -0.2) is 29.3 Å². The van der Waals surface area contributed by atoms with E-state index in [1.54, 1.807) is 47.5 Å². The van der Waals surface area contributed by atoms with Crippen LogP contribution in [0.3, 0.4) is 0 Å². The Morgan fingerprint density at radius 1 is 0.675 bits per heavy atom. The van der Waals surface area contributed by atoms with Gasteiger partial charge in [0.25, 0.3) is 0 Å². The zero-order chi connectivity index (χ0) is 28.1. The van der Waals surface area contributed by atoms with Gasteiger partial charge in [-0.15, -0.1) is 0 Å². The molecule has 6 rings (SSSR count). The number of hydrogen-bond acceptors (Lipinski definition) is 9. The first-order valence-corrected chi connectivity index (χ1v) is 13.0. The van der Waals surface area contributed by atoms with Crippen LogP contribution in [0.1, 0.15) is 25.9 Å². The van der Waals surface area contributed by atoms with Crippen molar-refractivity contribution in [2.45, 2.75) is 25.9 Å². The molecule has 0 aliphatic carbocycles. The van der Waals surface area contributed by atoms with Crippen LogP contribution in [0.5, 0.6) is 0 Å². The van der Waals surface area contributed by atoms with Crippen LogP contribution in [0.2, 0.25) is 10.0 Å². The van der Waals surface area contributed by atoms with Gasteiger partial charge >= 0.3 is 0 Å². The molecule has 0 saturated heterocycles. The zero-order valence-electron chi connectivity index (χ0n) is 21.3. The van der Waals surface area contributed by atoms with Gasteiger partial charge in [0.1, 0.15) is 47.8 Å². The molecule has 11 nitrogen and oxygen atoms in total.